The van der Waals surface area contributed by atoms with Gasteiger partial charge in [0.1, 0.15) is 0 Å². The minimum atomic E-state index is 0.321. The second-order valence-corrected chi connectivity index (χ2v) is 7.29. The molecule has 0 amide bonds. The zero-order chi connectivity index (χ0) is 15.5. The summed E-state index contributed by atoms with van der Waals surface area (Å²) in [5, 5.41) is 0. The molecule has 0 aliphatic heterocycles. The summed E-state index contributed by atoms with van der Waals surface area (Å²) in [6.07, 6.45) is 3.77. The van der Waals surface area contributed by atoms with Crippen molar-refractivity contribution in [3.8, 4) is 0 Å². The van der Waals surface area contributed by atoms with Gasteiger partial charge in [-0.05, 0) is 53.7 Å². The first-order valence-corrected chi connectivity index (χ1v) is 8.41. The number of hydrogen-bond donors (Lipinski definition) is 0. The van der Waals surface area contributed by atoms with Gasteiger partial charge in [0, 0.05) is 0 Å². The van der Waals surface area contributed by atoms with Gasteiger partial charge < -0.3 is 0 Å². The quantitative estimate of drug-likeness (QED) is 0.541. The van der Waals surface area contributed by atoms with Gasteiger partial charge in [0.2, 0.25) is 0 Å². The molecule has 0 heteroatoms. The van der Waals surface area contributed by atoms with Crippen LogP contribution in [0.1, 0.15) is 102 Å². The first kappa shape index (κ1) is 17.3. The second kappa shape index (κ2) is 6.78. The lowest BCUT2D eigenvalue weighted by Gasteiger charge is -2.36. The van der Waals surface area contributed by atoms with E-state index in [1.54, 1.807) is 16.7 Å². The van der Waals surface area contributed by atoms with Crippen LogP contribution in [0.4, 0.5) is 0 Å². The molecule has 0 nitrogen and oxygen atoms in total. The highest BCUT2D eigenvalue weighted by atomic mass is 14.3. The summed E-state index contributed by atoms with van der Waals surface area (Å²) >= 11 is 0. The molecule has 1 atom stereocenters. The van der Waals surface area contributed by atoms with Crippen molar-refractivity contribution in [2.75, 3.05) is 0 Å². The van der Waals surface area contributed by atoms with Gasteiger partial charge in [0.15, 0.2) is 0 Å². The number of rotatable bonds is 6. The van der Waals surface area contributed by atoms with E-state index in [2.05, 4.69) is 67.5 Å². The SMILES string of the molecule is CCCC(C)(CC)c1c(C(C)C)cc(C)cc1C(C)C. The van der Waals surface area contributed by atoms with Crippen molar-refractivity contribution in [2.45, 2.75) is 91.9 Å². The molecule has 0 N–H and O–H groups in total. The Morgan fingerprint density at radius 3 is 1.70 bits per heavy atom. The third-order valence-electron chi connectivity index (χ3n) is 4.77. The Morgan fingerprint density at radius 2 is 1.40 bits per heavy atom. The normalized spacial score (nSPS) is 14.9. The molecule has 1 rings (SSSR count). The molecule has 1 unspecified atom stereocenters. The van der Waals surface area contributed by atoms with Gasteiger partial charge in [0.05, 0.1) is 0 Å². The van der Waals surface area contributed by atoms with Gasteiger partial charge >= 0.3 is 0 Å². The molecular weight excluding hydrogens is 240 g/mol. The minimum absolute atomic E-state index is 0.321. The lowest BCUT2D eigenvalue weighted by Crippen LogP contribution is -2.25. The molecule has 0 bridgehead atoms. The molecule has 0 heterocycles. The molecule has 0 aromatic heterocycles. The summed E-state index contributed by atoms with van der Waals surface area (Å²) in [6, 6.07) is 4.85. The van der Waals surface area contributed by atoms with E-state index in [-0.39, 0.29) is 0 Å². The molecule has 0 aliphatic carbocycles. The van der Waals surface area contributed by atoms with Crippen LogP contribution < -0.4 is 0 Å². The fourth-order valence-electron chi connectivity index (χ4n) is 3.48. The van der Waals surface area contributed by atoms with Gasteiger partial charge in [-0.25, -0.2) is 0 Å². The maximum atomic E-state index is 2.47. The summed E-state index contributed by atoms with van der Waals surface area (Å²) in [4.78, 5) is 0. The van der Waals surface area contributed by atoms with Crippen LogP contribution in [0.2, 0.25) is 0 Å². The lowest BCUT2D eigenvalue weighted by atomic mass is 9.69. The average molecular weight is 274 g/mol. The fourth-order valence-corrected chi connectivity index (χ4v) is 3.48. The Bertz CT molecular complexity index is 410. The van der Waals surface area contributed by atoms with E-state index in [9.17, 15) is 0 Å². The van der Waals surface area contributed by atoms with E-state index < -0.39 is 0 Å². The molecule has 0 saturated heterocycles. The number of benzene rings is 1. The monoisotopic (exact) mass is 274 g/mol. The van der Waals surface area contributed by atoms with Crippen LogP contribution in [0.15, 0.2) is 12.1 Å². The zero-order valence-corrected chi connectivity index (χ0v) is 14.9. The van der Waals surface area contributed by atoms with Gasteiger partial charge in [-0.15, -0.1) is 0 Å². The van der Waals surface area contributed by atoms with Crippen molar-refractivity contribution >= 4 is 0 Å². The highest BCUT2D eigenvalue weighted by Gasteiger charge is 2.30. The highest BCUT2D eigenvalue weighted by Crippen LogP contribution is 2.42. The van der Waals surface area contributed by atoms with Crippen LogP contribution in [0, 0.1) is 6.92 Å². The third-order valence-corrected chi connectivity index (χ3v) is 4.77. The fraction of sp³-hybridized carbons (Fsp3) is 0.700. The molecule has 0 spiro atoms. The first-order chi connectivity index (χ1) is 9.26. The largest absolute Gasteiger partial charge is 0.0654 e. The maximum Gasteiger partial charge on any atom is -0.00723 e. The van der Waals surface area contributed by atoms with Crippen LogP contribution in [0.3, 0.4) is 0 Å². The molecule has 1 aromatic carbocycles. The molecule has 0 saturated carbocycles. The topological polar surface area (TPSA) is 0 Å². The highest BCUT2D eigenvalue weighted by molar-refractivity contribution is 5.46. The van der Waals surface area contributed by atoms with Gasteiger partial charge in [-0.2, -0.15) is 0 Å². The molecule has 0 radical (unpaired) electrons. The molecule has 0 aliphatic rings. The smallest absolute Gasteiger partial charge is 0.00723 e. The van der Waals surface area contributed by atoms with Crippen LogP contribution in [0.5, 0.6) is 0 Å². The van der Waals surface area contributed by atoms with Crippen LogP contribution >= 0.6 is 0 Å². The van der Waals surface area contributed by atoms with E-state index >= 15 is 0 Å². The molecule has 20 heavy (non-hydrogen) atoms. The Labute approximate surface area is 127 Å². The Kier molecular flexibility index (Phi) is 5.86. The van der Waals surface area contributed by atoms with Crippen molar-refractivity contribution in [3.63, 3.8) is 0 Å². The van der Waals surface area contributed by atoms with Crippen molar-refractivity contribution in [1.82, 2.24) is 0 Å². The van der Waals surface area contributed by atoms with Gasteiger partial charge in [-0.3, -0.25) is 0 Å². The van der Waals surface area contributed by atoms with Crippen molar-refractivity contribution in [1.29, 1.82) is 0 Å². The van der Waals surface area contributed by atoms with Crippen molar-refractivity contribution < 1.29 is 0 Å². The predicted molar refractivity (Wildman–Crippen MR) is 91.9 cm³/mol. The molecule has 114 valence electrons. The van der Waals surface area contributed by atoms with Gasteiger partial charge in [-0.1, -0.05) is 72.6 Å². The summed E-state index contributed by atoms with van der Waals surface area (Å²) < 4.78 is 0. The molecule has 1 aromatic rings. The Morgan fingerprint density at radius 1 is 0.950 bits per heavy atom. The first-order valence-electron chi connectivity index (χ1n) is 8.41. The number of hydrogen-bond acceptors (Lipinski definition) is 0. The summed E-state index contributed by atoms with van der Waals surface area (Å²) in [5.41, 5.74) is 6.54. The van der Waals surface area contributed by atoms with E-state index in [1.165, 1.54) is 24.8 Å². The Balaban J connectivity index is 3.62. The van der Waals surface area contributed by atoms with Crippen LogP contribution in [-0.2, 0) is 5.41 Å². The second-order valence-electron chi connectivity index (χ2n) is 7.29. The molecule has 0 fully saturated rings. The van der Waals surface area contributed by atoms with Gasteiger partial charge in [0.25, 0.3) is 0 Å². The van der Waals surface area contributed by atoms with Crippen LogP contribution in [-0.4, -0.2) is 0 Å². The zero-order valence-electron chi connectivity index (χ0n) is 14.9. The molecular formula is C20H34. The average Bonchev–Trinajstić information content (AvgIpc) is 2.37. The van der Waals surface area contributed by atoms with E-state index in [4.69, 9.17) is 0 Å². The van der Waals surface area contributed by atoms with E-state index in [0.29, 0.717) is 17.3 Å². The minimum Gasteiger partial charge on any atom is -0.0654 e. The standard InChI is InChI=1S/C20H34/c1-9-11-20(8,10-2)19-17(14(3)4)12-16(7)13-18(19)15(5)6/h12-15H,9-11H2,1-8H3. The summed E-state index contributed by atoms with van der Waals surface area (Å²) in [6.45, 7) is 18.7. The summed E-state index contributed by atoms with van der Waals surface area (Å²) in [7, 11) is 0. The maximum absolute atomic E-state index is 2.47. The van der Waals surface area contributed by atoms with Crippen molar-refractivity contribution in [3.05, 3.63) is 34.4 Å². The lowest BCUT2D eigenvalue weighted by molar-refractivity contribution is 0.404. The number of aryl methyl sites for hydroxylation is 1. The van der Waals surface area contributed by atoms with E-state index in [1.807, 2.05) is 0 Å². The predicted octanol–water partition coefficient (Wildman–Crippen LogP) is 6.71. The Hall–Kier alpha value is -0.780. The van der Waals surface area contributed by atoms with Crippen LogP contribution in [0.25, 0.3) is 0 Å². The van der Waals surface area contributed by atoms with Crippen molar-refractivity contribution in [2.24, 2.45) is 0 Å². The third kappa shape index (κ3) is 3.45. The summed E-state index contributed by atoms with van der Waals surface area (Å²) in [5.74, 6) is 1.20. The van der Waals surface area contributed by atoms with E-state index in [0.717, 1.165) is 0 Å².